The van der Waals surface area contributed by atoms with Crippen molar-refractivity contribution in [1.29, 1.82) is 0 Å². The van der Waals surface area contributed by atoms with Gasteiger partial charge in [0.1, 0.15) is 6.26 Å². The van der Waals surface area contributed by atoms with Gasteiger partial charge in [-0.3, -0.25) is 10.1 Å². The van der Waals surface area contributed by atoms with E-state index in [-0.39, 0.29) is 24.2 Å². The van der Waals surface area contributed by atoms with Gasteiger partial charge >= 0.3 is 12.0 Å². The standard InChI is InChI=1S/C16H17ClN2O4/c1-2-22-15(21)13-10-23-16(18-13)19-14(20)5-3-4-11-6-8-12(17)9-7-11/h6-10H,2-5H2,1H3,(H,18,19,20). The Bertz CT molecular complexity index is 667. The maximum atomic E-state index is 11.8. The molecule has 1 heterocycles. The Morgan fingerprint density at radius 3 is 2.74 bits per heavy atom. The summed E-state index contributed by atoms with van der Waals surface area (Å²) < 4.78 is 9.81. The number of esters is 1. The van der Waals surface area contributed by atoms with Gasteiger partial charge in [-0.1, -0.05) is 23.7 Å². The van der Waals surface area contributed by atoms with E-state index in [2.05, 4.69) is 10.3 Å². The number of hydrogen-bond acceptors (Lipinski definition) is 5. The first kappa shape index (κ1) is 17.0. The summed E-state index contributed by atoms with van der Waals surface area (Å²) in [6.07, 6.45) is 2.92. The van der Waals surface area contributed by atoms with Crippen LogP contribution in [0.2, 0.25) is 5.02 Å². The zero-order valence-electron chi connectivity index (χ0n) is 12.7. The van der Waals surface area contributed by atoms with Crippen molar-refractivity contribution in [2.24, 2.45) is 0 Å². The summed E-state index contributed by atoms with van der Waals surface area (Å²) >= 11 is 5.82. The Morgan fingerprint density at radius 1 is 1.30 bits per heavy atom. The first-order chi connectivity index (χ1) is 11.1. The van der Waals surface area contributed by atoms with Crippen molar-refractivity contribution in [3.63, 3.8) is 0 Å². The van der Waals surface area contributed by atoms with E-state index in [0.29, 0.717) is 17.9 Å². The smallest absolute Gasteiger partial charge is 0.360 e. The average Bonchev–Trinajstić information content (AvgIpc) is 2.98. The number of benzene rings is 1. The van der Waals surface area contributed by atoms with Crippen LogP contribution in [0.25, 0.3) is 0 Å². The maximum absolute atomic E-state index is 11.8. The number of amides is 1. The third-order valence-corrected chi connectivity index (χ3v) is 3.27. The van der Waals surface area contributed by atoms with Gasteiger partial charge < -0.3 is 9.15 Å². The lowest BCUT2D eigenvalue weighted by Crippen LogP contribution is -2.12. The molecular weight excluding hydrogens is 320 g/mol. The van der Waals surface area contributed by atoms with Gasteiger partial charge in [0.2, 0.25) is 5.91 Å². The van der Waals surface area contributed by atoms with Crippen LogP contribution in [-0.2, 0) is 16.0 Å². The molecule has 0 bridgehead atoms. The fraction of sp³-hybridized carbons (Fsp3) is 0.312. The number of hydrogen-bond donors (Lipinski definition) is 1. The zero-order chi connectivity index (χ0) is 16.7. The van der Waals surface area contributed by atoms with Crippen molar-refractivity contribution in [2.75, 3.05) is 11.9 Å². The molecule has 0 saturated heterocycles. The van der Waals surface area contributed by atoms with Crippen LogP contribution in [0.15, 0.2) is 34.9 Å². The summed E-state index contributed by atoms with van der Waals surface area (Å²) in [5, 5.41) is 3.20. The number of nitrogens with zero attached hydrogens (tertiary/aromatic N) is 1. The number of aromatic nitrogens is 1. The normalized spacial score (nSPS) is 10.3. The lowest BCUT2D eigenvalue weighted by atomic mass is 10.1. The fourth-order valence-corrected chi connectivity index (χ4v) is 2.04. The van der Waals surface area contributed by atoms with Crippen molar-refractivity contribution in [3.8, 4) is 0 Å². The minimum Gasteiger partial charge on any atom is -0.461 e. The first-order valence-corrected chi connectivity index (χ1v) is 7.63. The molecule has 0 unspecified atom stereocenters. The molecule has 1 aromatic carbocycles. The minimum absolute atomic E-state index is 0.00968. The molecular formula is C16H17ClN2O4. The number of oxazole rings is 1. The highest BCUT2D eigenvalue weighted by Gasteiger charge is 2.14. The van der Waals surface area contributed by atoms with E-state index in [1.165, 1.54) is 0 Å². The second-order valence-electron chi connectivity index (χ2n) is 4.79. The molecule has 1 N–H and O–H groups in total. The van der Waals surface area contributed by atoms with Crippen LogP contribution in [0.4, 0.5) is 6.01 Å². The van der Waals surface area contributed by atoms with Crippen LogP contribution in [0.3, 0.4) is 0 Å². The Balaban J connectivity index is 1.76. The van der Waals surface area contributed by atoms with Crippen molar-refractivity contribution >= 4 is 29.5 Å². The zero-order valence-corrected chi connectivity index (χ0v) is 13.4. The molecule has 0 fully saturated rings. The molecule has 122 valence electrons. The molecule has 2 aromatic rings. The van der Waals surface area contributed by atoms with E-state index in [1.54, 1.807) is 6.92 Å². The maximum Gasteiger partial charge on any atom is 0.360 e. The molecule has 0 spiro atoms. The molecule has 0 aliphatic carbocycles. The molecule has 1 aromatic heterocycles. The molecule has 2 rings (SSSR count). The number of carbonyl (C=O) groups excluding carboxylic acids is 2. The highest BCUT2D eigenvalue weighted by Crippen LogP contribution is 2.13. The highest BCUT2D eigenvalue weighted by atomic mass is 35.5. The summed E-state index contributed by atoms with van der Waals surface area (Å²) in [6, 6.07) is 7.49. The van der Waals surface area contributed by atoms with Gasteiger partial charge in [0.25, 0.3) is 0 Å². The van der Waals surface area contributed by atoms with Gasteiger partial charge in [-0.2, -0.15) is 4.98 Å². The molecule has 0 atom stereocenters. The summed E-state index contributed by atoms with van der Waals surface area (Å²) in [5.41, 5.74) is 1.14. The summed E-state index contributed by atoms with van der Waals surface area (Å²) in [7, 11) is 0. The number of halogens is 1. The largest absolute Gasteiger partial charge is 0.461 e. The molecule has 6 nitrogen and oxygen atoms in total. The Morgan fingerprint density at radius 2 is 2.04 bits per heavy atom. The Kier molecular flexibility index (Phi) is 6.17. The summed E-state index contributed by atoms with van der Waals surface area (Å²) in [4.78, 5) is 27.1. The average molecular weight is 337 g/mol. The number of carbonyl (C=O) groups is 2. The van der Waals surface area contributed by atoms with Crippen LogP contribution < -0.4 is 5.32 Å². The van der Waals surface area contributed by atoms with Crippen LogP contribution in [0, 0.1) is 0 Å². The van der Waals surface area contributed by atoms with Crippen LogP contribution in [-0.4, -0.2) is 23.5 Å². The highest BCUT2D eigenvalue weighted by molar-refractivity contribution is 6.30. The number of rotatable bonds is 7. The second kappa shape index (κ2) is 8.33. The van der Waals surface area contributed by atoms with Crippen LogP contribution >= 0.6 is 11.6 Å². The van der Waals surface area contributed by atoms with E-state index < -0.39 is 5.97 Å². The van der Waals surface area contributed by atoms with Crippen molar-refractivity contribution in [1.82, 2.24) is 4.98 Å². The van der Waals surface area contributed by atoms with Gasteiger partial charge in [0, 0.05) is 11.4 Å². The van der Waals surface area contributed by atoms with Crippen LogP contribution in [0.1, 0.15) is 35.8 Å². The lowest BCUT2D eigenvalue weighted by molar-refractivity contribution is -0.116. The van der Waals surface area contributed by atoms with Crippen molar-refractivity contribution in [2.45, 2.75) is 26.2 Å². The monoisotopic (exact) mass is 336 g/mol. The molecule has 23 heavy (non-hydrogen) atoms. The molecule has 7 heteroatoms. The fourth-order valence-electron chi connectivity index (χ4n) is 1.92. The van der Waals surface area contributed by atoms with Gasteiger partial charge in [0.05, 0.1) is 6.61 Å². The number of nitrogens with one attached hydrogen (secondary N) is 1. The molecule has 0 aliphatic heterocycles. The van der Waals surface area contributed by atoms with Gasteiger partial charge in [-0.25, -0.2) is 4.79 Å². The van der Waals surface area contributed by atoms with Gasteiger partial charge in [0.15, 0.2) is 5.69 Å². The van der Waals surface area contributed by atoms with Crippen molar-refractivity contribution < 1.29 is 18.7 Å². The van der Waals surface area contributed by atoms with Crippen molar-refractivity contribution in [3.05, 3.63) is 46.8 Å². The predicted octanol–water partition coefficient (Wildman–Crippen LogP) is 3.47. The van der Waals surface area contributed by atoms with Crippen LogP contribution in [0.5, 0.6) is 0 Å². The number of ether oxygens (including phenoxy) is 1. The van der Waals surface area contributed by atoms with E-state index >= 15 is 0 Å². The van der Waals surface area contributed by atoms with E-state index in [1.807, 2.05) is 24.3 Å². The molecule has 1 amide bonds. The summed E-state index contributed by atoms with van der Waals surface area (Å²) in [6.45, 7) is 1.94. The molecule has 0 saturated carbocycles. The third kappa shape index (κ3) is 5.41. The quantitative estimate of drug-likeness (QED) is 0.783. The first-order valence-electron chi connectivity index (χ1n) is 7.25. The molecule has 0 radical (unpaired) electrons. The van der Waals surface area contributed by atoms with Gasteiger partial charge in [-0.15, -0.1) is 0 Å². The third-order valence-electron chi connectivity index (χ3n) is 3.02. The van der Waals surface area contributed by atoms with E-state index in [9.17, 15) is 9.59 Å². The molecule has 0 aliphatic rings. The Hall–Kier alpha value is -2.34. The van der Waals surface area contributed by atoms with E-state index in [4.69, 9.17) is 20.8 Å². The topological polar surface area (TPSA) is 81.4 Å². The second-order valence-corrected chi connectivity index (χ2v) is 5.22. The minimum atomic E-state index is -0.584. The lowest BCUT2D eigenvalue weighted by Gasteiger charge is -2.02. The summed E-state index contributed by atoms with van der Waals surface area (Å²) in [5.74, 6) is -0.810. The predicted molar refractivity (Wildman–Crippen MR) is 85.5 cm³/mol. The van der Waals surface area contributed by atoms with E-state index in [0.717, 1.165) is 18.2 Å². The number of anilines is 1. The van der Waals surface area contributed by atoms with Gasteiger partial charge in [-0.05, 0) is 37.5 Å². The SMILES string of the molecule is CCOC(=O)c1coc(NC(=O)CCCc2ccc(Cl)cc2)n1. The number of aryl methyl sites for hydroxylation is 1. The Labute approximate surface area is 138 Å².